The van der Waals surface area contributed by atoms with Gasteiger partial charge < -0.3 is 14.5 Å². The van der Waals surface area contributed by atoms with Crippen molar-refractivity contribution in [3.8, 4) is 11.8 Å². The zero-order valence-corrected chi connectivity index (χ0v) is 9.80. The van der Waals surface area contributed by atoms with E-state index in [2.05, 4.69) is 16.0 Å². The number of benzene rings is 1. The molecule has 5 heteroatoms. The van der Waals surface area contributed by atoms with Gasteiger partial charge in [0.05, 0.1) is 12.2 Å². The van der Waals surface area contributed by atoms with Crippen molar-refractivity contribution in [3.05, 3.63) is 48.0 Å². The van der Waals surface area contributed by atoms with Gasteiger partial charge in [-0.05, 0) is 12.1 Å². The van der Waals surface area contributed by atoms with Crippen LogP contribution < -0.4 is 4.74 Å². The predicted molar refractivity (Wildman–Crippen MR) is 64.9 cm³/mol. The molecule has 2 aromatic rings. The zero-order valence-electron chi connectivity index (χ0n) is 9.80. The minimum absolute atomic E-state index is 0.402. The molecule has 0 aliphatic rings. The van der Waals surface area contributed by atoms with Gasteiger partial charge in [0, 0.05) is 12.4 Å². The van der Waals surface area contributed by atoms with Crippen molar-refractivity contribution in [3.63, 3.8) is 0 Å². The van der Waals surface area contributed by atoms with Crippen LogP contribution in [-0.2, 0) is 11.3 Å². The maximum absolute atomic E-state index is 8.87. The van der Waals surface area contributed by atoms with Crippen LogP contribution in [0.1, 0.15) is 11.4 Å². The van der Waals surface area contributed by atoms with Crippen molar-refractivity contribution in [2.75, 3.05) is 13.2 Å². The lowest BCUT2D eigenvalue weighted by atomic mass is 10.2. The molecule has 0 aliphatic heterocycles. The van der Waals surface area contributed by atoms with E-state index in [1.807, 2.05) is 6.07 Å². The lowest BCUT2D eigenvalue weighted by Gasteiger charge is -2.07. The molecule has 18 heavy (non-hydrogen) atoms. The van der Waals surface area contributed by atoms with Crippen molar-refractivity contribution in [2.45, 2.75) is 6.61 Å². The number of para-hydroxylation sites is 1. The largest absolute Gasteiger partial charge is 0.490 e. The van der Waals surface area contributed by atoms with E-state index in [0.717, 1.165) is 5.82 Å². The van der Waals surface area contributed by atoms with Crippen LogP contribution >= 0.6 is 0 Å². The molecule has 0 amide bonds. The van der Waals surface area contributed by atoms with Crippen LogP contribution in [0.25, 0.3) is 0 Å². The number of hydrogen-bond acceptors (Lipinski definition) is 4. The third-order valence-corrected chi connectivity index (χ3v) is 2.29. The Hall–Kier alpha value is -2.32. The lowest BCUT2D eigenvalue weighted by molar-refractivity contribution is 0.0851. The Morgan fingerprint density at radius 3 is 2.94 bits per heavy atom. The van der Waals surface area contributed by atoms with Gasteiger partial charge in [0.2, 0.25) is 0 Å². The molecular weight excluding hydrogens is 230 g/mol. The first-order chi connectivity index (χ1) is 8.90. The highest BCUT2D eigenvalue weighted by atomic mass is 16.5. The van der Waals surface area contributed by atoms with Gasteiger partial charge in [-0.2, -0.15) is 5.26 Å². The number of aromatic amines is 1. The van der Waals surface area contributed by atoms with Crippen molar-refractivity contribution in [1.29, 1.82) is 5.26 Å². The van der Waals surface area contributed by atoms with Gasteiger partial charge in [0.1, 0.15) is 30.9 Å². The third kappa shape index (κ3) is 3.34. The summed E-state index contributed by atoms with van der Waals surface area (Å²) in [4.78, 5) is 6.98. The summed E-state index contributed by atoms with van der Waals surface area (Å²) in [6.07, 6.45) is 3.43. The molecule has 1 N–H and O–H groups in total. The van der Waals surface area contributed by atoms with Gasteiger partial charge in [-0.1, -0.05) is 12.1 Å². The number of nitriles is 1. The number of imidazole rings is 1. The van der Waals surface area contributed by atoms with Crippen LogP contribution in [0.4, 0.5) is 0 Å². The minimum Gasteiger partial charge on any atom is -0.490 e. The summed E-state index contributed by atoms with van der Waals surface area (Å²) in [5.41, 5.74) is 0.531. The normalized spacial score (nSPS) is 9.94. The van der Waals surface area contributed by atoms with E-state index in [-0.39, 0.29) is 0 Å². The van der Waals surface area contributed by atoms with E-state index in [4.69, 9.17) is 14.7 Å². The fourth-order valence-corrected chi connectivity index (χ4v) is 1.44. The van der Waals surface area contributed by atoms with Crippen LogP contribution in [0.3, 0.4) is 0 Å². The molecule has 0 aliphatic carbocycles. The van der Waals surface area contributed by atoms with Crippen LogP contribution in [0.2, 0.25) is 0 Å². The lowest BCUT2D eigenvalue weighted by Crippen LogP contribution is -2.07. The number of rotatable bonds is 6. The molecular formula is C13H13N3O2. The molecule has 0 saturated heterocycles. The van der Waals surface area contributed by atoms with E-state index in [1.54, 1.807) is 30.6 Å². The van der Waals surface area contributed by atoms with Crippen LogP contribution in [0.15, 0.2) is 36.7 Å². The highest BCUT2D eigenvalue weighted by molar-refractivity contribution is 5.42. The van der Waals surface area contributed by atoms with E-state index in [1.165, 1.54) is 0 Å². The molecule has 1 aromatic carbocycles. The third-order valence-electron chi connectivity index (χ3n) is 2.29. The van der Waals surface area contributed by atoms with E-state index < -0.39 is 0 Å². The number of H-pyrrole nitrogens is 1. The molecule has 0 spiro atoms. The van der Waals surface area contributed by atoms with Gasteiger partial charge in [-0.25, -0.2) is 4.98 Å². The van der Waals surface area contributed by atoms with Crippen LogP contribution in [-0.4, -0.2) is 23.2 Å². The molecule has 0 saturated carbocycles. The Labute approximate surface area is 105 Å². The highest BCUT2D eigenvalue weighted by Crippen LogP contribution is 2.16. The summed E-state index contributed by atoms with van der Waals surface area (Å²) >= 11 is 0. The van der Waals surface area contributed by atoms with Crippen molar-refractivity contribution in [2.24, 2.45) is 0 Å². The van der Waals surface area contributed by atoms with Gasteiger partial charge in [0.25, 0.3) is 0 Å². The van der Waals surface area contributed by atoms with Crippen molar-refractivity contribution >= 4 is 0 Å². The summed E-state index contributed by atoms with van der Waals surface area (Å²) in [5.74, 6) is 1.37. The number of nitrogens with one attached hydrogen (secondary N) is 1. The first kappa shape index (κ1) is 12.1. The predicted octanol–water partition coefficient (Wildman–Crippen LogP) is 1.88. The van der Waals surface area contributed by atoms with Gasteiger partial charge >= 0.3 is 0 Å². The summed E-state index contributed by atoms with van der Waals surface area (Å²) in [6, 6.07) is 9.21. The molecule has 1 aromatic heterocycles. The molecule has 0 unspecified atom stereocenters. The number of hydrogen-bond donors (Lipinski definition) is 1. The van der Waals surface area contributed by atoms with Gasteiger partial charge in [0.15, 0.2) is 0 Å². The summed E-state index contributed by atoms with van der Waals surface area (Å²) in [5, 5.41) is 8.87. The molecule has 2 rings (SSSR count). The Morgan fingerprint density at radius 2 is 2.17 bits per heavy atom. The maximum Gasteiger partial charge on any atom is 0.137 e. The SMILES string of the molecule is N#Cc1ccccc1OCCOCc1ncc[nH]1. The summed E-state index contributed by atoms with van der Waals surface area (Å²) in [6.45, 7) is 1.27. The average molecular weight is 243 g/mol. The first-order valence-electron chi connectivity index (χ1n) is 5.58. The Kier molecular flexibility index (Phi) is 4.33. The highest BCUT2D eigenvalue weighted by Gasteiger charge is 2.01. The Morgan fingerprint density at radius 1 is 1.28 bits per heavy atom. The number of aromatic nitrogens is 2. The molecule has 92 valence electrons. The number of nitrogens with zero attached hydrogens (tertiary/aromatic N) is 2. The summed E-state index contributed by atoms with van der Waals surface area (Å²) < 4.78 is 10.8. The fourth-order valence-electron chi connectivity index (χ4n) is 1.44. The molecule has 0 radical (unpaired) electrons. The standard InChI is InChI=1S/C13H13N3O2/c14-9-11-3-1-2-4-12(11)18-8-7-17-10-13-15-5-6-16-13/h1-6H,7-8,10H2,(H,15,16). The van der Waals surface area contributed by atoms with Crippen molar-refractivity contribution in [1.82, 2.24) is 9.97 Å². The van der Waals surface area contributed by atoms with E-state index in [0.29, 0.717) is 31.1 Å². The maximum atomic E-state index is 8.87. The quantitative estimate of drug-likeness (QED) is 0.786. The van der Waals surface area contributed by atoms with Gasteiger partial charge in [-0.15, -0.1) is 0 Å². The molecule has 0 atom stereocenters. The smallest absolute Gasteiger partial charge is 0.137 e. The monoisotopic (exact) mass is 243 g/mol. The fraction of sp³-hybridized carbons (Fsp3) is 0.231. The Balaban J connectivity index is 1.71. The zero-order chi connectivity index (χ0) is 12.6. The van der Waals surface area contributed by atoms with E-state index >= 15 is 0 Å². The number of ether oxygens (including phenoxy) is 2. The second-order valence-corrected chi connectivity index (χ2v) is 3.54. The topological polar surface area (TPSA) is 70.9 Å². The minimum atomic E-state index is 0.402. The van der Waals surface area contributed by atoms with E-state index in [9.17, 15) is 0 Å². The molecule has 0 fully saturated rings. The van der Waals surface area contributed by atoms with Crippen LogP contribution in [0, 0.1) is 11.3 Å². The van der Waals surface area contributed by atoms with Gasteiger partial charge in [-0.3, -0.25) is 0 Å². The van der Waals surface area contributed by atoms with Crippen LogP contribution in [0.5, 0.6) is 5.75 Å². The average Bonchev–Trinajstić information content (AvgIpc) is 2.92. The molecule has 1 heterocycles. The Bertz CT molecular complexity index is 517. The first-order valence-corrected chi connectivity index (χ1v) is 5.58. The second-order valence-electron chi connectivity index (χ2n) is 3.54. The van der Waals surface area contributed by atoms with Crippen molar-refractivity contribution < 1.29 is 9.47 Å². The molecule has 0 bridgehead atoms. The second kappa shape index (κ2) is 6.42. The summed E-state index contributed by atoms with van der Waals surface area (Å²) in [7, 11) is 0. The molecule has 5 nitrogen and oxygen atoms in total.